The van der Waals surface area contributed by atoms with Crippen molar-refractivity contribution in [2.45, 2.75) is 26.2 Å². The van der Waals surface area contributed by atoms with E-state index in [2.05, 4.69) is 10.6 Å². The van der Waals surface area contributed by atoms with Gasteiger partial charge in [0.15, 0.2) is 0 Å². The van der Waals surface area contributed by atoms with Crippen molar-refractivity contribution < 1.29 is 23.9 Å². The van der Waals surface area contributed by atoms with E-state index in [-0.39, 0.29) is 18.1 Å². The number of rotatable bonds is 9. The van der Waals surface area contributed by atoms with Crippen LogP contribution in [0.25, 0.3) is 0 Å². The predicted octanol–water partition coefficient (Wildman–Crippen LogP) is 1.73. The normalized spacial score (nSPS) is 14.5. The molecule has 2 N–H and O–H groups in total. The average molecular weight is 348 g/mol. The van der Waals surface area contributed by atoms with Crippen LogP contribution in [0.2, 0.25) is 0 Å². The van der Waals surface area contributed by atoms with Gasteiger partial charge in [-0.2, -0.15) is 0 Å². The number of hydrogen-bond donors (Lipinski definition) is 2. The molecule has 0 bridgehead atoms. The molecule has 0 radical (unpaired) electrons. The molecule has 0 aromatic heterocycles. The van der Waals surface area contributed by atoms with Crippen LogP contribution in [-0.2, 0) is 19.1 Å². The Morgan fingerprint density at radius 3 is 2.52 bits per heavy atom. The van der Waals surface area contributed by atoms with E-state index in [1.54, 1.807) is 38.3 Å². The van der Waals surface area contributed by atoms with Crippen molar-refractivity contribution in [3.8, 4) is 0 Å². The fraction of sp³-hybridized carbons (Fsp3) is 0.500. The highest BCUT2D eigenvalue weighted by molar-refractivity contribution is 6.14. The third kappa shape index (κ3) is 4.57. The van der Waals surface area contributed by atoms with E-state index in [0.29, 0.717) is 38.1 Å². The minimum Gasteiger partial charge on any atom is -0.462 e. The van der Waals surface area contributed by atoms with Crippen molar-refractivity contribution in [3.63, 3.8) is 0 Å². The lowest BCUT2D eigenvalue weighted by Crippen LogP contribution is -2.40. The molecule has 1 fully saturated rings. The summed E-state index contributed by atoms with van der Waals surface area (Å²) < 4.78 is 9.93. The first-order valence-corrected chi connectivity index (χ1v) is 8.40. The van der Waals surface area contributed by atoms with Gasteiger partial charge in [0.25, 0.3) is 0 Å². The number of benzene rings is 1. The number of amides is 2. The van der Waals surface area contributed by atoms with Gasteiger partial charge >= 0.3 is 5.97 Å². The summed E-state index contributed by atoms with van der Waals surface area (Å²) in [6.45, 7) is 2.97. The average Bonchev–Trinajstić information content (AvgIpc) is 3.41. The molecule has 25 heavy (non-hydrogen) atoms. The number of esters is 1. The van der Waals surface area contributed by atoms with E-state index in [1.807, 2.05) is 0 Å². The summed E-state index contributed by atoms with van der Waals surface area (Å²) in [5, 5.41) is 5.48. The van der Waals surface area contributed by atoms with Gasteiger partial charge in [0.2, 0.25) is 11.8 Å². The Bertz CT molecular complexity index is 640. The quantitative estimate of drug-likeness (QED) is 0.403. The molecule has 0 unspecified atom stereocenters. The van der Waals surface area contributed by atoms with Gasteiger partial charge in [-0.25, -0.2) is 4.79 Å². The van der Waals surface area contributed by atoms with Gasteiger partial charge in [0, 0.05) is 20.3 Å². The molecule has 0 saturated heterocycles. The number of methoxy groups -OCH3 is 1. The Kier molecular flexibility index (Phi) is 6.52. The molecule has 1 aliphatic carbocycles. The Morgan fingerprint density at radius 1 is 1.16 bits per heavy atom. The third-order valence-electron chi connectivity index (χ3n) is 4.10. The zero-order valence-electron chi connectivity index (χ0n) is 14.6. The molecule has 136 valence electrons. The molecule has 1 aromatic carbocycles. The highest BCUT2D eigenvalue weighted by atomic mass is 16.5. The monoisotopic (exact) mass is 348 g/mol. The van der Waals surface area contributed by atoms with Crippen LogP contribution in [0.4, 0.5) is 5.69 Å². The largest absolute Gasteiger partial charge is 0.462 e. The fourth-order valence-electron chi connectivity index (χ4n) is 2.49. The molecule has 1 aliphatic rings. The first kappa shape index (κ1) is 18.9. The van der Waals surface area contributed by atoms with Crippen LogP contribution in [0.15, 0.2) is 24.3 Å². The molecule has 2 amide bonds. The molecule has 7 nitrogen and oxygen atoms in total. The van der Waals surface area contributed by atoms with E-state index in [9.17, 15) is 14.4 Å². The lowest BCUT2D eigenvalue weighted by atomic mass is 10.0. The molecule has 0 heterocycles. The Balaban J connectivity index is 2.02. The number of anilines is 1. The number of nitrogens with one attached hydrogen (secondary N) is 2. The second-order valence-corrected chi connectivity index (χ2v) is 5.90. The summed E-state index contributed by atoms with van der Waals surface area (Å²) in [6.07, 6.45) is 1.68. The van der Waals surface area contributed by atoms with Gasteiger partial charge in [0.05, 0.1) is 17.9 Å². The fourth-order valence-corrected chi connectivity index (χ4v) is 2.49. The SMILES string of the molecule is CCOC(=O)c1ccccc1NC(=O)C1(C(=O)NCCCOC)CC1. The van der Waals surface area contributed by atoms with Crippen LogP contribution in [0, 0.1) is 5.41 Å². The van der Waals surface area contributed by atoms with Crippen LogP contribution >= 0.6 is 0 Å². The highest BCUT2D eigenvalue weighted by Crippen LogP contribution is 2.47. The van der Waals surface area contributed by atoms with Crippen molar-refractivity contribution in [1.82, 2.24) is 5.32 Å². The van der Waals surface area contributed by atoms with Crippen LogP contribution in [0.5, 0.6) is 0 Å². The Hall–Kier alpha value is -2.41. The van der Waals surface area contributed by atoms with E-state index in [4.69, 9.17) is 9.47 Å². The Labute approximate surface area is 147 Å². The van der Waals surface area contributed by atoms with Gasteiger partial charge in [-0.3, -0.25) is 9.59 Å². The molecule has 7 heteroatoms. The highest BCUT2D eigenvalue weighted by Gasteiger charge is 2.56. The maximum absolute atomic E-state index is 12.6. The first-order chi connectivity index (χ1) is 12.0. The van der Waals surface area contributed by atoms with Crippen molar-refractivity contribution in [3.05, 3.63) is 29.8 Å². The van der Waals surface area contributed by atoms with E-state index in [0.717, 1.165) is 0 Å². The maximum Gasteiger partial charge on any atom is 0.340 e. The lowest BCUT2D eigenvalue weighted by Gasteiger charge is -2.16. The number of carbonyl (C=O) groups excluding carboxylic acids is 3. The predicted molar refractivity (Wildman–Crippen MR) is 92.2 cm³/mol. The molecular weight excluding hydrogens is 324 g/mol. The number of hydrogen-bond acceptors (Lipinski definition) is 5. The number of ether oxygens (including phenoxy) is 2. The van der Waals surface area contributed by atoms with E-state index < -0.39 is 17.3 Å². The van der Waals surface area contributed by atoms with Gasteiger partial charge in [-0.15, -0.1) is 0 Å². The molecule has 0 aliphatic heterocycles. The summed E-state index contributed by atoms with van der Waals surface area (Å²) in [7, 11) is 1.60. The zero-order chi connectivity index (χ0) is 18.3. The summed E-state index contributed by atoms with van der Waals surface area (Å²) in [5.41, 5.74) is -0.423. The maximum atomic E-state index is 12.6. The standard InChI is InChI=1S/C18H24N2O5/c1-3-25-15(21)13-7-4-5-8-14(13)20-17(23)18(9-10-18)16(22)19-11-6-12-24-2/h4-5,7-8H,3,6,9-12H2,1-2H3,(H,19,22)(H,20,23). The minimum absolute atomic E-state index is 0.245. The number of para-hydroxylation sites is 1. The van der Waals surface area contributed by atoms with Crippen LogP contribution in [0.1, 0.15) is 36.5 Å². The van der Waals surface area contributed by atoms with Gasteiger partial charge in [-0.1, -0.05) is 12.1 Å². The van der Waals surface area contributed by atoms with Crippen molar-refractivity contribution in [2.75, 3.05) is 32.2 Å². The lowest BCUT2D eigenvalue weighted by molar-refractivity contribution is -0.134. The third-order valence-corrected chi connectivity index (χ3v) is 4.10. The molecule has 0 spiro atoms. The Morgan fingerprint density at radius 2 is 1.88 bits per heavy atom. The topological polar surface area (TPSA) is 93.7 Å². The smallest absolute Gasteiger partial charge is 0.340 e. The first-order valence-electron chi connectivity index (χ1n) is 8.40. The number of carbonyl (C=O) groups is 3. The van der Waals surface area contributed by atoms with Gasteiger partial charge < -0.3 is 20.1 Å². The second-order valence-electron chi connectivity index (χ2n) is 5.90. The van der Waals surface area contributed by atoms with Gasteiger partial charge in [-0.05, 0) is 38.3 Å². The summed E-state index contributed by atoms with van der Waals surface area (Å²) in [5.74, 6) is -1.18. The molecular formula is C18H24N2O5. The van der Waals surface area contributed by atoms with Crippen molar-refractivity contribution >= 4 is 23.5 Å². The van der Waals surface area contributed by atoms with Crippen molar-refractivity contribution in [2.24, 2.45) is 5.41 Å². The van der Waals surface area contributed by atoms with E-state index in [1.165, 1.54) is 0 Å². The second kappa shape index (κ2) is 8.62. The van der Waals surface area contributed by atoms with Crippen LogP contribution in [0.3, 0.4) is 0 Å². The van der Waals surface area contributed by atoms with Gasteiger partial charge in [0.1, 0.15) is 5.41 Å². The minimum atomic E-state index is -1.05. The van der Waals surface area contributed by atoms with Crippen LogP contribution < -0.4 is 10.6 Å². The van der Waals surface area contributed by atoms with E-state index >= 15 is 0 Å². The van der Waals surface area contributed by atoms with Crippen LogP contribution in [-0.4, -0.2) is 44.7 Å². The molecule has 1 saturated carbocycles. The summed E-state index contributed by atoms with van der Waals surface area (Å²) >= 11 is 0. The molecule has 0 atom stereocenters. The molecule has 2 rings (SSSR count). The zero-order valence-corrected chi connectivity index (χ0v) is 14.6. The summed E-state index contributed by atoms with van der Waals surface area (Å²) in [4.78, 5) is 36.9. The summed E-state index contributed by atoms with van der Waals surface area (Å²) in [6, 6.07) is 6.61. The molecule has 1 aromatic rings. The van der Waals surface area contributed by atoms with Crippen molar-refractivity contribution in [1.29, 1.82) is 0 Å².